The number of rotatable bonds is 3. The van der Waals surface area contributed by atoms with Crippen molar-refractivity contribution in [2.24, 2.45) is 0 Å². The molecule has 5 heteroatoms. The Morgan fingerprint density at radius 1 is 1.21 bits per heavy atom. The number of carboxylic acids is 1. The van der Waals surface area contributed by atoms with E-state index in [2.05, 4.69) is 9.97 Å². The average Bonchev–Trinajstić information content (AvgIpc) is 2.38. The number of anilines is 1. The maximum Gasteiger partial charge on any atom is 0.358 e. The first-order valence-electron chi connectivity index (χ1n) is 5.83. The van der Waals surface area contributed by atoms with Crippen LogP contribution in [0.15, 0.2) is 30.5 Å². The van der Waals surface area contributed by atoms with Gasteiger partial charge in [-0.15, -0.1) is 0 Å². The normalized spacial score (nSPS) is 10.3. The van der Waals surface area contributed by atoms with Gasteiger partial charge in [-0.2, -0.15) is 0 Å². The third-order valence-corrected chi connectivity index (χ3v) is 2.73. The van der Waals surface area contributed by atoms with Crippen LogP contribution in [-0.2, 0) is 0 Å². The molecule has 98 valence electrons. The molecule has 0 aliphatic rings. The van der Waals surface area contributed by atoms with E-state index in [9.17, 15) is 9.90 Å². The van der Waals surface area contributed by atoms with E-state index in [1.807, 2.05) is 31.2 Å². The predicted octanol–water partition coefficient (Wildman–Crippen LogP) is 2.22. The molecule has 1 heterocycles. The molecule has 0 amide bonds. The molecule has 0 spiro atoms. The molecule has 0 bridgehead atoms. The summed E-state index contributed by atoms with van der Waals surface area (Å²) >= 11 is 0. The van der Waals surface area contributed by atoms with E-state index in [0.29, 0.717) is 11.5 Å². The number of aromatic nitrogens is 2. The lowest BCUT2D eigenvalue weighted by atomic mass is 10.1. The highest BCUT2D eigenvalue weighted by Crippen LogP contribution is 2.21. The zero-order valence-electron chi connectivity index (χ0n) is 11.1. The summed E-state index contributed by atoms with van der Waals surface area (Å²) in [4.78, 5) is 21.2. The van der Waals surface area contributed by atoms with Gasteiger partial charge >= 0.3 is 5.97 Å². The molecule has 0 saturated carbocycles. The van der Waals surface area contributed by atoms with Gasteiger partial charge in [0.2, 0.25) is 0 Å². The highest BCUT2D eigenvalue weighted by Gasteiger charge is 2.16. The van der Waals surface area contributed by atoms with E-state index in [-0.39, 0.29) is 5.69 Å². The van der Waals surface area contributed by atoms with Crippen LogP contribution < -0.4 is 4.90 Å². The van der Waals surface area contributed by atoms with E-state index < -0.39 is 5.97 Å². The van der Waals surface area contributed by atoms with Crippen LogP contribution in [0.4, 0.5) is 5.82 Å². The fourth-order valence-electron chi connectivity index (χ4n) is 1.72. The number of nitrogens with zero attached hydrogens (tertiary/aromatic N) is 3. The van der Waals surface area contributed by atoms with Crippen molar-refractivity contribution in [2.75, 3.05) is 19.0 Å². The maximum atomic E-state index is 11.2. The highest BCUT2D eigenvalue weighted by atomic mass is 16.4. The summed E-state index contributed by atoms with van der Waals surface area (Å²) < 4.78 is 0. The first-order chi connectivity index (χ1) is 8.99. The van der Waals surface area contributed by atoms with Crippen molar-refractivity contribution in [3.8, 4) is 11.3 Å². The van der Waals surface area contributed by atoms with Crippen molar-refractivity contribution in [1.82, 2.24) is 9.97 Å². The summed E-state index contributed by atoms with van der Waals surface area (Å²) in [6.45, 7) is 1.99. The minimum absolute atomic E-state index is 0.0388. The Balaban J connectivity index is 2.52. The first-order valence-corrected chi connectivity index (χ1v) is 5.83. The number of hydrogen-bond donors (Lipinski definition) is 1. The van der Waals surface area contributed by atoms with Crippen LogP contribution in [0.2, 0.25) is 0 Å². The van der Waals surface area contributed by atoms with Gasteiger partial charge in [0.05, 0.1) is 11.9 Å². The van der Waals surface area contributed by atoms with Crippen LogP contribution in [-0.4, -0.2) is 35.1 Å². The van der Waals surface area contributed by atoms with Crippen LogP contribution in [0, 0.1) is 6.92 Å². The van der Waals surface area contributed by atoms with Gasteiger partial charge in [0.25, 0.3) is 0 Å². The topological polar surface area (TPSA) is 66.3 Å². The Bertz CT molecular complexity index is 607. The van der Waals surface area contributed by atoms with Gasteiger partial charge in [-0.25, -0.2) is 14.8 Å². The first kappa shape index (κ1) is 13.0. The minimum atomic E-state index is -1.08. The molecule has 1 N–H and O–H groups in total. The van der Waals surface area contributed by atoms with Gasteiger partial charge in [-0.1, -0.05) is 29.8 Å². The van der Waals surface area contributed by atoms with Gasteiger partial charge < -0.3 is 10.0 Å². The van der Waals surface area contributed by atoms with Gasteiger partial charge in [-0.05, 0) is 6.92 Å². The minimum Gasteiger partial charge on any atom is -0.476 e. The molecular weight excluding hydrogens is 242 g/mol. The Morgan fingerprint density at radius 2 is 1.84 bits per heavy atom. The molecule has 0 unspecified atom stereocenters. The molecule has 2 rings (SSSR count). The van der Waals surface area contributed by atoms with Crippen molar-refractivity contribution < 1.29 is 9.90 Å². The predicted molar refractivity (Wildman–Crippen MR) is 73.5 cm³/mol. The van der Waals surface area contributed by atoms with Crippen molar-refractivity contribution in [2.45, 2.75) is 6.92 Å². The second-order valence-electron chi connectivity index (χ2n) is 4.49. The number of hydrogen-bond acceptors (Lipinski definition) is 4. The van der Waals surface area contributed by atoms with Gasteiger partial charge in [-0.3, -0.25) is 0 Å². The third-order valence-electron chi connectivity index (χ3n) is 2.73. The van der Waals surface area contributed by atoms with Crippen molar-refractivity contribution in [1.29, 1.82) is 0 Å². The number of carbonyl (C=O) groups is 1. The largest absolute Gasteiger partial charge is 0.476 e. The lowest BCUT2D eigenvalue weighted by Gasteiger charge is -2.14. The Kier molecular flexibility index (Phi) is 3.46. The summed E-state index contributed by atoms with van der Waals surface area (Å²) in [7, 11) is 3.48. The van der Waals surface area contributed by atoms with E-state index in [4.69, 9.17) is 0 Å². The average molecular weight is 257 g/mol. The summed E-state index contributed by atoms with van der Waals surface area (Å²) in [5.74, 6) is -0.728. The Labute approximate surface area is 111 Å². The Hall–Kier alpha value is -2.43. The van der Waals surface area contributed by atoms with Crippen molar-refractivity contribution in [3.63, 3.8) is 0 Å². The summed E-state index contributed by atoms with van der Waals surface area (Å²) in [6, 6.07) is 7.72. The second kappa shape index (κ2) is 5.06. The van der Waals surface area contributed by atoms with Crippen LogP contribution in [0.1, 0.15) is 16.1 Å². The summed E-state index contributed by atoms with van der Waals surface area (Å²) in [6.07, 6.45) is 1.59. The van der Waals surface area contributed by atoms with Gasteiger partial charge in [0.15, 0.2) is 11.5 Å². The Morgan fingerprint density at radius 3 is 2.37 bits per heavy atom. The zero-order valence-corrected chi connectivity index (χ0v) is 11.1. The van der Waals surface area contributed by atoms with Crippen LogP contribution in [0.25, 0.3) is 11.3 Å². The highest BCUT2D eigenvalue weighted by molar-refractivity contribution is 5.91. The molecule has 5 nitrogen and oxygen atoms in total. The molecule has 0 radical (unpaired) electrons. The third kappa shape index (κ3) is 2.70. The van der Waals surface area contributed by atoms with E-state index in [1.54, 1.807) is 25.2 Å². The number of carboxylic acid groups (broad SMARTS) is 1. The molecule has 1 aromatic heterocycles. The van der Waals surface area contributed by atoms with Crippen molar-refractivity contribution >= 4 is 11.8 Å². The molecule has 2 aromatic rings. The zero-order chi connectivity index (χ0) is 14.0. The maximum absolute atomic E-state index is 11.2. The van der Waals surface area contributed by atoms with Crippen LogP contribution in [0.3, 0.4) is 0 Å². The van der Waals surface area contributed by atoms with Gasteiger partial charge in [0.1, 0.15) is 0 Å². The van der Waals surface area contributed by atoms with Gasteiger partial charge in [0, 0.05) is 19.7 Å². The fourth-order valence-corrected chi connectivity index (χ4v) is 1.72. The van der Waals surface area contributed by atoms with Crippen LogP contribution >= 0.6 is 0 Å². The van der Waals surface area contributed by atoms with Crippen molar-refractivity contribution in [3.05, 3.63) is 41.7 Å². The summed E-state index contributed by atoms with van der Waals surface area (Å²) in [5, 5.41) is 9.20. The number of aryl methyl sites for hydroxylation is 1. The number of benzene rings is 1. The van der Waals surface area contributed by atoms with E-state index >= 15 is 0 Å². The lowest BCUT2D eigenvalue weighted by Crippen LogP contribution is -2.17. The summed E-state index contributed by atoms with van der Waals surface area (Å²) in [5.41, 5.74) is 2.51. The second-order valence-corrected chi connectivity index (χ2v) is 4.49. The molecule has 0 aliphatic carbocycles. The smallest absolute Gasteiger partial charge is 0.358 e. The fraction of sp³-hybridized carbons (Fsp3) is 0.214. The van der Waals surface area contributed by atoms with E-state index in [1.165, 1.54) is 0 Å². The molecule has 19 heavy (non-hydrogen) atoms. The monoisotopic (exact) mass is 257 g/mol. The molecule has 0 atom stereocenters. The van der Waals surface area contributed by atoms with Crippen LogP contribution in [0.5, 0.6) is 0 Å². The molecular formula is C14H15N3O2. The quantitative estimate of drug-likeness (QED) is 0.913. The SMILES string of the molecule is Cc1ccc(-c2cnc(N(C)C)c(C(=O)O)n2)cc1. The molecule has 1 aromatic carbocycles. The lowest BCUT2D eigenvalue weighted by molar-refractivity contribution is 0.0691. The molecule has 0 aliphatic heterocycles. The van der Waals surface area contributed by atoms with E-state index in [0.717, 1.165) is 11.1 Å². The standard InChI is InChI=1S/C14H15N3O2/c1-9-4-6-10(7-5-9)11-8-15-13(17(2)3)12(16-11)14(18)19/h4-8H,1-3H3,(H,18,19). The molecule has 0 fully saturated rings. The molecule has 0 saturated heterocycles. The number of aromatic carboxylic acids is 1.